The third-order valence-electron chi connectivity index (χ3n) is 3.32. The number of rotatable bonds is 3. The first-order chi connectivity index (χ1) is 9.60. The van der Waals surface area contributed by atoms with Gasteiger partial charge in [-0.15, -0.1) is 0 Å². The summed E-state index contributed by atoms with van der Waals surface area (Å²) in [6.07, 6.45) is 0.220. The fourth-order valence-electron chi connectivity index (χ4n) is 2.16. The van der Waals surface area contributed by atoms with Gasteiger partial charge in [0.05, 0.1) is 24.7 Å². The second-order valence-electron chi connectivity index (χ2n) is 4.93. The smallest absolute Gasteiger partial charge is 0.227 e. The summed E-state index contributed by atoms with van der Waals surface area (Å²) in [5, 5.41) is 18.8. The number of phenols is 1. The Morgan fingerprint density at radius 3 is 3.00 bits per heavy atom. The van der Waals surface area contributed by atoms with Crippen molar-refractivity contribution in [2.24, 2.45) is 5.92 Å². The van der Waals surface area contributed by atoms with Crippen LogP contribution >= 0.6 is 11.6 Å². The Kier molecular flexibility index (Phi) is 5.23. The van der Waals surface area contributed by atoms with Crippen molar-refractivity contribution >= 4 is 17.5 Å². The van der Waals surface area contributed by atoms with Crippen molar-refractivity contribution in [3.63, 3.8) is 0 Å². The molecule has 0 aromatic heterocycles. The maximum atomic E-state index is 12.3. The number of amides is 1. The van der Waals surface area contributed by atoms with Crippen LogP contribution in [0.4, 0.5) is 0 Å². The van der Waals surface area contributed by atoms with E-state index in [2.05, 4.69) is 0 Å². The maximum Gasteiger partial charge on any atom is 0.227 e. The van der Waals surface area contributed by atoms with Crippen LogP contribution in [0, 0.1) is 5.92 Å². The van der Waals surface area contributed by atoms with E-state index in [0.717, 1.165) is 5.56 Å². The van der Waals surface area contributed by atoms with Crippen molar-refractivity contribution in [2.75, 3.05) is 32.9 Å². The highest BCUT2D eigenvalue weighted by Crippen LogP contribution is 2.24. The van der Waals surface area contributed by atoms with Gasteiger partial charge in [-0.05, 0) is 17.7 Å². The standard InChI is InChI=1S/C14H18ClNO4/c15-12-5-10(1-2-13(12)18)6-14(19)16-3-4-20-9-11(7-16)8-17/h1-2,5,11,17-18H,3-4,6-9H2. The van der Waals surface area contributed by atoms with Gasteiger partial charge in [0, 0.05) is 25.6 Å². The molecule has 1 unspecified atom stereocenters. The molecule has 0 bridgehead atoms. The monoisotopic (exact) mass is 299 g/mol. The summed E-state index contributed by atoms with van der Waals surface area (Å²) in [4.78, 5) is 14.0. The van der Waals surface area contributed by atoms with Crippen molar-refractivity contribution in [3.8, 4) is 5.75 Å². The Labute approximate surface area is 122 Å². The Balaban J connectivity index is 2.01. The first-order valence-corrected chi connectivity index (χ1v) is 6.91. The number of aromatic hydroxyl groups is 1. The van der Waals surface area contributed by atoms with Crippen LogP contribution < -0.4 is 0 Å². The fourth-order valence-corrected chi connectivity index (χ4v) is 2.37. The third kappa shape index (κ3) is 3.85. The highest BCUT2D eigenvalue weighted by molar-refractivity contribution is 6.32. The summed E-state index contributed by atoms with van der Waals surface area (Å²) in [6, 6.07) is 4.75. The van der Waals surface area contributed by atoms with E-state index in [-0.39, 0.29) is 35.6 Å². The van der Waals surface area contributed by atoms with Crippen LogP contribution in [0.15, 0.2) is 18.2 Å². The summed E-state index contributed by atoms with van der Waals surface area (Å²) in [7, 11) is 0. The van der Waals surface area contributed by atoms with Gasteiger partial charge < -0.3 is 19.8 Å². The molecule has 20 heavy (non-hydrogen) atoms. The Hall–Kier alpha value is -1.30. The van der Waals surface area contributed by atoms with E-state index in [1.807, 2.05) is 0 Å². The lowest BCUT2D eigenvalue weighted by Gasteiger charge is -2.22. The molecule has 1 aromatic rings. The number of hydrogen-bond acceptors (Lipinski definition) is 4. The highest BCUT2D eigenvalue weighted by Gasteiger charge is 2.22. The van der Waals surface area contributed by atoms with Gasteiger partial charge in [0.15, 0.2) is 0 Å². The van der Waals surface area contributed by atoms with Crippen LogP contribution in [-0.2, 0) is 16.0 Å². The minimum Gasteiger partial charge on any atom is -0.506 e. The molecular formula is C14H18ClNO4. The number of nitrogens with zero attached hydrogens (tertiary/aromatic N) is 1. The van der Waals surface area contributed by atoms with E-state index >= 15 is 0 Å². The number of aliphatic hydroxyl groups excluding tert-OH is 1. The normalized spacial score (nSPS) is 19.7. The van der Waals surface area contributed by atoms with Gasteiger partial charge in [-0.3, -0.25) is 4.79 Å². The largest absolute Gasteiger partial charge is 0.506 e. The maximum absolute atomic E-state index is 12.3. The molecule has 1 atom stereocenters. The summed E-state index contributed by atoms with van der Waals surface area (Å²) in [5.41, 5.74) is 0.753. The molecule has 1 aliphatic rings. The first kappa shape index (κ1) is 15.1. The van der Waals surface area contributed by atoms with Crippen LogP contribution in [0.2, 0.25) is 5.02 Å². The molecule has 1 aromatic carbocycles. The van der Waals surface area contributed by atoms with Crippen molar-refractivity contribution in [1.82, 2.24) is 4.90 Å². The number of benzene rings is 1. The summed E-state index contributed by atoms with van der Waals surface area (Å²) >= 11 is 5.83. The molecule has 5 nitrogen and oxygen atoms in total. The van der Waals surface area contributed by atoms with Crippen LogP contribution in [0.5, 0.6) is 5.75 Å². The highest BCUT2D eigenvalue weighted by atomic mass is 35.5. The molecule has 6 heteroatoms. The summed E-state index contributed by atoms with van der Waals surface area (Å²) < 4.78 is 5.36. The molecule has 0 aliphatic carbocycles. The van der Waals surface area contributed by atoms with Gasteiger partial charge in [0.25, 0.3) is 0 Å². The van der Waals surface area contributed by atoms with E-state index in [1.165, 1.54) is 6.07 Å². The number of carbonyl (C=O) groups is 1. The number of phenolic OH excluding ortho intramolecular Hbond substituents is 1. The van der Waals surface area contributed by atoms with E-state index in [0.29, 0.717) is 26.3 Å². The molecular weight excluding hydrogens is 282 g/mol. The fraction of sp³-hybridized carbons (Fsp3) is 0.500. The van der Waals surface area contributed by atoms with E-state index in [4.69, 9.17) is 16.3 Å². The lowest BCUT2D eigenvalue weighted by molar-refractivity contribution is -0.131. The van der Waals surface area contributed by atoms with Crippen LogP contribution in [-0.4, -0.2) is 53.9 Å². The van der Waals surface area contributed by atoms with Gasteiger partial charge >= 0.3 is 0 Å². The van der Waals surface area contributed by atoms with E-state index in [1.54, 1.807) is 17.0 Å². The van der Waals surface area contributed by atoms with E-state index in [9.17, 15) is 15.0 Å². The Morgan fingerprint density at radius 2 is 2.30 bits per heavy atom. The van der Waals surface area contributed by atoms with Gasteiger partial charge in [0.2, 0.25) is 5.91 Å². The molecule has 2 N–H and O–H groups in total. The van der Waals surface area contributed by atoms with Gasteiger partial charge in [-0.2, -0.15) is 0 Å². The zero-order valence-corrected chi connectivity index (χ0v) is 11.8. The second kappa shape index (κ2) is 6.92. The van der Waals surface area contributed by atoms with Crippen LogP contribution in [0.3, 0.4) is 0 Å². The zero-order chi connectivity index (χ0) is 14.5. The van der Waals surface area contributed by atoms with Crippen molar-refractivity contribution in [2.45, 2.75) is 6.42 Å². The first-order valence-electron chi connectivity index (χ1n) is 6.54. The summed E-state index contributed by atoms with van der Waals surface area (Å²) in [5.74, 6) is -0.0630. The SMILES string of the molecule is O=C(Cc1ccc(O)c(Cl)c1)N1CCOCC(CO)C1. The quantitative estimate of drug-likeness (QED) is 0.875. The minimum absolute atomic E-state index is 0.00591. The lowest BCUT2D eigenvalue weighted by Crippen LogP contribution is -2.37. The molecule has 1 fully saturated rings. The Morgan fingerprint density at radius 1 is 1.50 bits per heavy atom. The molecule has 1 saturated heterocycles. The molecule has 1 amide bonds. The molecule has 2 rings (SSSR count). The summed E-state index contributed by atoms with van der Waals surface area (Å²) in [6.45, 7) is 2.00. The topological polar surface area (TPSA) is 70.0 Å². The van der Waals surface area contributed by atoms with Crippen molar-refractivity contribution in [1.29, 1.82) is 0 Å². The van der Waals surface area contributed by atoms with Gasteiger partial charge in [0.1, 0.15) is 5.75 Å². The van der Waals surface area contributed by atoms with Crippen LogP contribution in [0.25, 0.3) is 0 Å². The average Bonchev–Trinajstić information content (AvgIpc) is 2.68. The van der Waals surface area contributed by atoms with Gasteiger partial charge in [-0.25, -0.2) is 0 Å². The number of hydrogen-bond donors (Lipinski definition) is 2. The third-order valence-corrected chi connectivity index (χ3v) is 3.62. The average molecular weight is 300 g/mol. The molecule has 0 saturated carbocycles. The number of carbonyl (C=O) groups excluding carboxylic acids is 1. The van der Waals surface area contributed by atoms with Crippen molar-refractivity contribution in [3.05, 3.63) is 28.8 Å². The molecule has 1 aliphatic heterocycles. The van der Waals surface area contributed by atoms with Gasteiger partial charge in [-0.1, -0.05) is 17.7 Å². The molecule has 0 spiro atoms. The molecule has 1 heterocycles. The van der Waals surface area contributed by atoms with E-state index < -0.39 is 0 Å². The number of halogens is 1. The van der Waals surface area contributed by atoms with Crippen LogP contribution in [0.1, 0.15) is 5.56 Å². The molecule has 110 valence electrons. The number of ether oxygens (including phenoxy) is 1. The predicted molar refractivity (Wildman–Crippen MR) is 74.8 cm³/mol. The Bertz CT molecular complexity index is 480. The lowest BCUT2D eigenvalue weighted by atomic mass is 10.1. The minimum atomic E-state index is -0.0372. The zero-order valence-electron chi connectivity index (χ0n) is 11.1. The number of aliphatic hydroxyl groups is 1. The molecule has 0 radical (unpaired) electrons. The second-order valence-corrected chi connectivity index (χ2v) is 5.33. The predicted octanol–water partition coefficient (Wildman–Crippen LogP) is 1.06. The van der Waals surface area contributed by atoms with Crippen molar-refractivity contribution < 1.29 is 19.7 Å².